The summed E-state index contributed by atoms with van der Waals surface area (Å²) in [6.07, 6.45) is 3.11. The van der Waals surface area contributed by atoms with Crippen LogP contribution in [0.5, 0.6) is 0 Å². The van der Waals surface area contributed by atoms with E-state index in [1.807, 2.05) is 19.2 Å². The van der Waals surface area contributed by atoms with Crippen LogP contribution in [0.15, 0.2) is 30.3 Å². The third kappa shape index (κ3) is 2.76. The molecule has 0 fully saturated rings. The minimum Gasteiger partial charge on any atom is -0.381 e. The highest BCUT2D eigenvalue weighted by Crippen LogP contribution is 2.32. The first kappa shape index (κ1) is 16.0. The number of anilines is 2. The largest absolute Gasteiger partial charge is 0.381 e. The smallest absolute Gasteiger partial charge is 0.160 e. The van der Waals surface area contributed by atoms with Gasteiger partial charge in [0.15, 0.2) is 11.6 Å². The Kier molecular flexibility index (Phi) is 3.92. The van der Waals surface area contributed by atoms with Gasteiger partial charge < -0.3 is 14.6 Å². The van der Waals surface area contributed by atoms with Crippen molar-refractivity contribution < 1.29 is 13.5 Å². The minimum absolute atomic E-state index is 0.248. The minimum atomic E-state index is -0.883. The van der Waals surface area contributed by atoms with Crippen molar-refractivity contribution in [2.45, 2.75) is 25.4 Å². The summed E-state index contributed by atoms with van der Waals surface area (Å²) in [6.45, 7) is 0. The van der Waals surface area contributed by atoms with Gasteiger partial charge in [0.2, 0.25) is 0 Å². The molecule has 1 unspecified atom stereocenters. The van der Waals surface area contributed by atoms with Crippen molar-refractivity contribution in [3.05, 3.63) is 53.2 Å². The van der Waals surface area contributed by atoms with Gasteiger partial charge in [0.05, 0.1) is 6.10 Å². The van der Waals surface area contributed by atoms with Crippen molar-refractivity contribution in [3.63, 3.8) is 0 Å². The fourth-order valence-electron chi connectivity index (χ4n) is 3.59. The Balaban J connectivity index is 1.71. The number of hydrogen-bond acceptors (Lipinski definition) is 3. The first-order chi connectivity index (χ1) is 12.1. The zero-order valence-electron chi connectivity index (χ0n) is 14.1. The number of ether oxygens (including phenoxy) is 1. The van der Waals surface area contributed by atoms with E-state index in [-0.39, 0.29) is 6.10 Å². The van der Waals surface area contributed by atoms with E-state index in [4.69, 9.17) is 4.74 Å². The Labute approximate surface area is 144 Å². The van der Waals surface area contributed by atoms with Crippen LogP contribution in [0.1, 0.15) is 17.7 Å². The zero-order chi connectivity index (χ0) is 17.6. The molecule has 0 aliphatic heterocycles. The molecule has 130 valence electrons. The van der Waals surface area contributed by atoms with Gasteiger partial charge >= 0.3 is 0 Å². The predicted molar refractivity (Wildman–Crippen MR) is 93.2 cm³/mol. The van der Waals surface area contributed by atoms with Gasteiger partial charge in [-0.15, -0.1) is 0 Å². The fraction of sp³-hybridized carbons (Fsp3) is 0.316. The van der Waals surface area contributed by atoms with Crippen LogP contribution in [0.2, 0.25) is 0 Å². The van der Waals surface area contributed by atoms with Gasteiger partial charge in [0.1, 0.15) is 11.5 Å². The standard InChI is InChI=1S/C19H19F2N3O/c1-24-17-7-4-12(25-2)10-14(17)13-5-8-18(23-19(13)24)22-11-3-6-15(20)16(21)9-11/h3,5-6,8-9,12H,4,7,10H2,1-2H3,(H,22,23). The highest BCUT2D eigenvalue weighted by atomic mass is 19.2. The summed E-state index contributed by atoms with van der Waals surface area (Å²) in [5.74, 6) is -1.15. The monoisotopic (exact) mass is 343 g/mol. The van der Waals surface area contributed by atoms with Gasteiger partial charge in [0.25, 0.3) is 0 Å². The average Bonchev–Trinajstić information content (AvgIpc) is 2.90. The van der Waals surface area contributed by atoms with E-state index in [2.05, 4.69) is 14.9 Å². The molecule has 0 amide bonds. The number of pyridine rings is 1. The van der Waals surface area contributed by atoms with Crippen molar-refractivity contribution in [1.29, 1.82) is 0 Å². The highest BCUT2D eigenvalue weighted by Gasteiger charge is 2.24. The van der Waals surface area contributed by atoms with Crippen LogP contribution in [-0.2, 0) is 24.6 Å². The molecule has 0 spiro atoms. The molecule has 0 bridgehead atoms. The SMILES string of the molecule is COC1CCc2c(c3ccc(Nc4ccc(F)c(F)c4)nc3n2C)C1. The number of rotatable bonds is 3. The fourth-order valence-corrected chi connectivity index (χ4v) is 3.59. The predicted octanol–water partition coefficient (Wildman–Crippen LogP) is 4.10. The van der Waals surface area contributed by atoms with E-state index < -0.39 is 11.6 Å². The summed E-state index contributed by atoms with van der Waals surface area (Å²) in [4.78, 5) is 4.67. The van der Waals surface area contributed by atoms with Crippen LogP contribution in [0.25, 0.3) is 11.0 Å². The second-order valence-electron chi connectivity index (χ2n) is 6.41. The van der Waals surface area contributed by atoms with E-state index in [0.717, 1.165) is 42.4 Å². The van der Waals surface area contributed by atoms with Crippen LogP contribution in [0.4, 0.5) is 20.3 Å². The Hall–Kier alpha value is -2.47. The Bertz CT molecular complexity index is 951. The Morgan fingerprint density at radius 1 is 1.20 bits per heavy atom. The van der Waals surface area contributed by atoms with E-state index in [0.29, 0.717) is 11.5 Å². The normalized spacial score (nSPS) is 16.9. The zero-order valence-corrected chi connectivity index (χ0v) is 14.1. The highest BCUT2D eigenvalue weighted by molar-refractivity contribution is 5.84. The maximum Gasteiger partial charge on any atom is 0.160 e. The molecule has 0 radical (unpaired) electrons. The number of nitrogens with zero attached hydrogens (tertiary/aromatic N) is 2. The molecule has 0 saturated heterocycles. The second-order valence-corrected chi connectivity index (χ2v) is 6.41. The second kappa shape index (κ2) is 6.11. The van der Waals surface area contributed by atoms with Crippen LogP contribution in [0, 0.1) is 11.6 Å². The molecule has 6 heteroatoms. The molecule has 3 aromatic rings. The molecule has 1 N–H and O–H groups in total. The summed E-state index contributed by atoms with van der Waals surface area (Å²) in [7, 11) is 3.77. The third-order valence-electron chi connectivity index (χ3n) is 4.93. The number of hydrogen-bond donors (Lipinski definition) is 1. The first-order valence-electron chi connectivity index (χ1n) is 8.29. The van der Waals surface area contributed by atoms with Crippen LogP contribution < -0.4 is 5.32 Å². The van der Waals surface area contributed by atoms with Crippen LogP contribution in [-0.4, -0.2) is 22.8 Å². The molecule has 1 atom stereocenters. The Morgan fingerprint density at radius 2 is 2.04 bits per heavy atom. The van der Waals surface area contributed by atoms with E-state index >= 15 is 0 Å². The summed E-state index contributed by atoms with van der Waals surface area (Å²) in [6, 6.07) is 7.61. The molecule has 1 aromatic carbocycles. The quantitative estimate of drug-likeness (QED) is 0.778. The Morgan fingerprint density at radius 3 is 2.80 bits per heavy atom. The molecular weight excluding hydrogens is 324 g/mol. The van der Waals surface area contributed by atoms with Gasteiger partial charge in [0, 0.05) is 43.4 Å². The number of aromatic nitrogens is 2. The number of aryl methyl sites for hydroxylation is 1. The summed E-state index contributed by atoms with van der Waals surface area (Å²) >= 11 is 0. The number of nitrogens with one attached hydrogen (secondary N) is 1. The molecule has 25 heavy (non-hydrogen) atoms. The van der Waals surface area contributed by atoms with Crippen molar-refractivity contribution >= 4 is 22.5 Å². The molecule has 4 nitrogen and oxygen atoms in total. The number of benzene rings is 1. The molecule has 2 heterocycles. The molecule has 1 aliphatic rings. The van der Waals surface area contributed by atoms with E-state index in [1.54, 1.807) is 7.11 Å². The lowest BCUT2D eigenvalue weighted by Crippen LogP contribution is -2.21. The van der Waals surface area contributed by atoms with Gasteiger partial charge in [-0.2, -0.15) is 0 Å². The van der Waals surface area contributed by atoms with Gasteiger partial charge in [-0.1, -0.05) is 0 Å². The van der Waals surface area contributed by atoms with E-state index in [9.17, 15) is 8.78 Å². The van der Waals surface area contributed by atoms with E-state index in [1.165, 1.54) is 17.3 Å². The summed E-state index contributed by atoms with van der Waals surface area (Å²) < 4.78 is 34.1. The maximum atomic E-state index is 13.4. The van der Waals surface area contributed by atoms with Crippen molar-refractivity contribution in [2.75, 3.05) is 12.4 Å². The van der Waals surface area contributed by atoms with Gasteiger partial charge in [-0.05, 0) is 42.7 Å². The van der Waals surface area contributed by atoms with Crippen molar-refractivity contribution in [1.82, 2.24) is 9.55 Å². The molecule has 0 saturated carbocycles. The summed E-state index contributed by atoms with van der Waals surface area (Å²) in [5.41, 5.74) is 3.93. The van der Waals surface area contributed by atoms with Crippen molar-refractivity contribution in [2.24, 2.45) is 7.05 Å². The first-order valence-corrected chi connectivity index (χ1v) is 8.29. The number of halogens is 2. The number of fused-ring (bicyclic) bond motifs is 3. The topological polar surface area (TPSA) is 39.1 Å². The van der Waals surface area contributed by atoms with Gasteiger partial charge in [-0.25, -0.2) is 13.8 Å². The van der Waals surface area contributed by atoms with Crippen LogP contribution >= 0.6 is 0 Å². The van der Waals surface area contributed by atoms with Gasteiger partial charge in [-0.3, -0.25) is 0 Å². The molecule has 1 aliphatic carbocycles. The maximum absolute atomic E-state index is 13.4. The lowest BCUT2D eigenvalue weighted by Gasteiger charge is -2.21. The number of methoxy groups -OCH3 is 1. The molecular formula is C19H19F2N3O. The lowest BCUT2D eigenvalue weighted by molar-refractivity contribution is 0.0908. The molecule has 2 aromatic heterocycles. The third-order valence-corrected chi connectivity index (χ3v) is 4.93. The van der Waals surface area contributed by atoms with Crippen molar-refractivity contribution in [3.8, 4) is 0 Å². The average molecular weight is 343 g/mol. The molecule has 4 rings (SSSR count). The van der Waals surface area contributed by atoms with Crippen LogP contribution in [0.3, 0.4) is 0 Å². The lowest BCUT2D eigenvalue weighted by atomic mass is 9.93. The summed E-state index contributed by atoms with van der Waals surface area (Å²) in [5, 5.41) is 4.16.